The summed E-state index contributed by atoms with van der Waals surface area (Å²) in [5, 5.41) is 16.6. The number of carbonyl (C=O) groups is 1. The smallest absolute Gasteiger partial charge is 0.324 e. The number of rotatable bonds is 2. The maximum Gasteiger partial charge on any atom is 0.417 e. The van der Waals surface area contributed by atoms with Crippen molar-refractivity contribution < 1.29 is 18.0 Å². The van der Waals surface area contributed by atoms with Gasteiger partial charge < -0.3 is 9.80 Å². The number of amidine groups is 2. The first-order valence-electron chi connectivity index (χ1n) is 10.2. The Morgan fingerprint density at radius 2 is 1.91 bits per heavy atom. The van der Waals surface area contributed by atoms with E-state index in [9.17, 15) is 18.0 Å². The van der Waals surface area contributed by atoms with Crippen LogP contribution in [0.5, 0.6) is 0 Å². The number of hydrogen-bond donors (Lipinski definition) is 2. The Morgan fingerprint density at radius 1 is 1.19 bits per heavy atom. The van der Waals surface area contributed by atoms with Crippen molar-refractivity contribution in [3.8, 4) is 0 Å². The number of piperidine rings is 1. The summed E-state index contributed by atoms with van der Waals surface area (Å²) in [5.41, 5.74) is -0.119. The number of alkyl halides is 3. The van der Waals surface area contributed by atoms with Gasteiger partial charge >= 0.3 is 6.18 Å². The predicted molar refractivity (Wildman–Crippen MR) is 114 cm³/mol. The highest BCUT2D eigenvalue weighted by Crippen LogP contribution is 2.38. The first-order chi connectivity index (χ1) is 15.1. The zero-order chi connectivity index (χ0) is 23.2. The number of aromatic nitrogens is 1. The largest absolute Gasteiger partial charge is 0.417 e. The molecule has 10 heteroatoms. The number of amides is 1. The van der Waals surface area contributed by atoms with Crippen LogP contribution < -0.4 is 0 Å². The lowest BCUT2D eigenvalue weighted by Crippen LogP contribution is -2.66. The fourth-order valence-electron chi connectivity index (χ4n) is 4.40. The second-order valence-electron chi connectivity index (χ2n) is 7.99. The molecule has 2 bridgehead atoms. The summed E-state index contributed by atoms with van der Waals surface area (Å²) in [4.78, 5) is 20.7. The van der Waals surface area contributed by atoms with Crippen LogP contribution in [0.1, 0.15) is 46.6 Å². The van der Waals surface area contributed by atoms with Crippen molar-refractivity contribution in [2.24, 2.45) is 0 Å². The molecule has 6 nitrogen and oxygen atoms in total. The van der Waals surface area contributed by atoms with Crippen molar-refractivity contribution in [2.75, 3.05) is 6.54 Å². The molecule has 2 aromatic rings. The number of nitrogens with one attached hydrogen (secondary N) is 2. The summed E-state index contributed by atoms with van der Waals surface area (Å²) >= 11 is 6.00. The number of pyridine rings is 1. The van der Waals surface area contributed by atoms with Crippen LogP contribution in [-0.2, 0) is 6.18 Å². The molecule has 2 N–H and O–H groups in total. The molecule has 0 radical (unpaired) electrons. The van der Waals surface area contributed by atoms with Gasteiger partial charge in [-0.1, -0.05) is 23.7 Å². The zero-order valence-electron chi connectivity index (χ0n) is 17.2. The lowest BCUT2D eigenvalue weighted by Gasteiger charge is -2.50. The van der Waals surface area contributed by atoms with E-state index in [1.807, 2.05) is 13.0 Å². The molecule has 1 aromatic carbocycles. The highest BCUT2D eigenvalue weighted by molar-refractivity contribution is 6.34. The summed E-state index contributed by atoms with van der Waals surface area (Å²) in [5.74, 6) is -0.495. The highest BCUT2D eigenvalue weighted by atomic mass is 35.5. The van der Waals surface area contributed by atoms with Gasteiger partial charge in [0, 0.05) is 12.2 Å². The summed E-state index contributed by atoms with van der Waals surface area (Å²) in [6.45, 7) is 2.01. The van der Waals surface area contributed by atoms with E-state index in [4.69, 9.17) is 22.4 Å². The van der Waals surface area contributed by atoms with Crippen LogP contribution in [0.4, 0.5) is 13.2 Å². The molecule has 1 amide bonds. The molecule has 1 unspecified atom stereocenters. The molecule has 2 saturated heterocycles. The predicted octanol–water partition coefficient (Wildman–Crippen LogP) is 4.74. The summed E-state index contributed by atoms with van der Waals surface area (Å²) < 4.78 is 39.8. The molecule has 0 spiro atoms. The van der Waals surface area contributed by atoms with Gasteiger partial charge in [0.1, 0.15) is 11.5 Å². The minimum absolute atomic E-state index is 0.0608. The average molecular weight is 464 g/mol. The summed E-state index contributed by atoms with van der Waals surface area (Å²) in [6, 6.07) is 7.58. The van der Waals surface area contributed by atoms with Crippen molar-refractivity contribution in [3.05, 3.63) is 63.9 Å². The number of benzene rings is 1. The topological polar surface area (TPSA) is 84.1 Å². The molecule has 0 aliphatic carbocycles. The minimum Gasteiger partial charge on any atom is -0.324 e. The molecule has 32 heavy (non-hydrogen) atoms. The van der Waals surface area contributed by atoms with Gasteiger partial charge in [-0.15, -0.1) is 0 Å². The van der Waals surface area contributed by atoms with Crippen molar-refractivity contribution in [2.45, 2.75) is 44.4 Å². The van der Waals surface area contributed by atoms with E-state index in [0.29, 0.717) is 18.5 Å². The van der Waals surface area contributed by atoms with Gasteiger partial charge in [0.15, 0.2) is 5.84 Å². The number of fused-ring (bicyclic) bond motifs is 2. The van der Waals surface area contributed by atoms with Crippen molar-refractivity contribution in [1.29, 1.82) is 10.8 Å². The molecule has 2 aliphatic heterocycles. The first kappa shape index (κ1) is 22.3. The molecule has 2 fully saturated rings. The van der Waals surface area contributed by atoms with Crippen LogP contribution in [0.2, 0.25) is 5.02 Å². The molecule has 2 aliphatic rings. The number of likely N-dealkylation sites (tertiary alicyclic amines) is 1. The zero-order valence-corrected chi connectivity index (χ0v) is 18.0. The van der Waals surface area contributed by atoms with Crippen LogP contribution in [0.3, 0.4) is 0 Å². The van der Waals surface area contributed by atoms with Crippen LogP contribution >= 0.6 is 11.6 Å². The van der Waals surface area contributed by atoms with Gasteiger partial charge in [0.2, 0.25) is 0 Å². The maximum absolute atomic E-state index is 13.3. The second kappa shape index (κ2) is 8.20. The summed E-state index contributed by atoms with van der Waals surface area (Å²) in [7, 11) is 0. The number of aryl methyl sites for hydroxylation is 1. The number of piperazine rings is 1. The lowest BCUT2D eigenvalue weighted by molar-refractivity contribution is -0.137. The Kier molecular flexibility index (Phi) is 5.70. The molecule has 2 atom stereocenters. The number of carbonyl (C=O) groups excluding carboxylic acids is 1. The maximum atomic E-state index is 13.3. The molecule has 3 heterocycles. The quantitative estimate of drug-likeness (QED) is 0.498. The van der Waals surface area contributed by atoms with Gasteiger partial charge in [-0.25, -0.2) is 4.98 Å². The normalized spacial score (nSPS) is 21.0. The number of halogens is 4. The number of nitrogens with zero attached hydrogens (tertiary/aromatic N) is 3. The Morgan fingerprint density at radius 3 is 2.59 bits per heavy atom. The van der Waals surface area contributed by atoms with Crippen molar-refractivity contribution in [1.82, 2.24) is 14.8 Å². The lowest BCUT2D eigenvalue weighted by atomic mass is 9.89. The van der Waals surface area contributed by atoms with Crippen LogP contribution in [0, 0.1) is 17.7 Å². The van der Waals surface area contributed by atoms with E-state index < -0.39 is 28.7 Å². The van der Waals surface area contributed by atoms with Crippen LogP contribution in [0.25, 0.3) is 0 Å². The van der Waals surface area contributed by atoms with Gasteiger partial charge in [-0.05, 0) is 50.5 Å². The Balaban J connectivity index is 1.65. The average Bonchev–Trinajstić information content (AvgIpc) is 2.74. The molecule has 168 valence electrons. The van der Waals surface area contributed by atoms with Gasteiger partial charge in [-0.2, -0.15) is 13.2 Å². The standard InChI is InChI=1S/C22H21ClF3N5O/c1-12-5-2-9-16(29-12)19(27)30-11-13-6-3-10-17(20(30)28)31(13)21(32)14-7-4-8-15(18(14)23)22(24,25)26/h2,4-5,7-9,13,17,27-28H,3,6,10-11H2,1H3/t13-,17?/m1/s1. The molecule has 0 saturated carbocycles. The SMILES string of the molecule is Cc1cccc(C(=N)N2C[C@H]3CCCC(C2=N)N3C(=O)c2cccc(C(F)(F)F)c2Cl)n1. The van der Waals surface area contributed by atoms with Crippen LogP contribution in [0.15, 0.2) is 36.4 Å². The van der Waals surface area contributed by atoms with E-state index in [-0.39, 0.29) is 29.8 Å². The molecule has 4 rings (SSSR count). The van der Waals surface area contributed by atoms with Crippen molar-refractivity contribution in [3.63, 3.8) is 0 Å². The molecular weight excluding hydrogens is 443 g/mol. The number of hydrogen-bond acceptors (Lipinski definition) is 4. The highest BCUT2D eigenvalue weighted by Gasteiger charge is 2.46. The third kappa shape index (κ3) is 3.85. The Labute approximate surface area is 188 Å². The third-order valence-electron chi connectivity index (χ3n) is 5.91. The van der Waals surface area contributed by atoms with Gasteiger partial charge in [-0.3, -0.25) is 15.6 Å². The van der Waals surface area contributed by atoms with E-state index in [1.54, 1.807) is 12.1 Å². The van der Waals surface area contributed by atoms with E-state index in [1.165, 1.54) is 21.9 Å². The van der Waals surface area contributed by atoms with Crippen molar-refractivity contribution >= 4 is 29.2 Å². The van der Waals surface area contributed by atoms with E-state index in [0.717, 1.165) is 18.2 Å². The Bertz CT molecular complexity index is 1100. The molecular formula is C22H21ClF3N5O. The van der Waals surface area contributed by atoms with E-state index in [2.05, 4.69) is 4.98 Å². The van der Waals surface area contributed by atoms with E-state index >= 15 is 0 Å². The van der Waals surface area contributed by atoms with Gasteiger partial charge in [0.25, 0.3) is 5.91 Å². The minimum atomic E-state index is -4.68. The second-order valence-corrected chi connectivity index (χ2v) is 8.36. The summed E-state index contributed by atoms with van der Waals surface area (Å²) in [6.07, 6.45) is -2.79. The van der Waals surface area contributed by atoms with Crippen LogP contribution in [-0.4, -0.2) is 51.0 Å². The molecule has 1 aromatic heterocycles. The fourth-order valence-corrected chi connectivity index (χ4v) is 4.72. The monoisotopic (exact) mass is 463 g/mol. The Hall–Kier alpha value is -2.94. The first-order valence-corrected chi connectivity index (χ1v) is 10.5. The van der Waals surface area contributed by atoms with Gasteiger partial charge in [0.05, 0.1) is 28.2 Å². The fraction of sp³-hybridized carbons (Fsp3) is 0.364. The third-order valence-corrected chi connectivity index (χ3v) is 6.32.